The normalized spacial score (nSPS) is 11.3. The maximum atomic E-state index is 13.2. The second-order valence-corrected chi connectivity index (χ2v) is 8.52. The number of hydrogen-bond donors (Lipinski definition) is 2. The summed E-state index contributed by atoms with van der Waals surface area (Å²) in [4.78, 5) is 51.2. The van der Waals surface area contributed by atoms with Crippen LogP contribution in [0.15, 0.2) is 58.1 Å². The van der Waals surface area contributed by atoms with Crippen LogP contribution in [0.5, 0.6) is 0 Å². The van der Waals surface area contributed by atoms with Crippen LogP contribution in [0.1, 0.15) is 20.3 Å². The molecule has 0 bridgehead atoms. The summed E-state index contributed by atoms with van der Waals surface area (Å²) >= 11 is 6.10. The van der Waals surface area contributed by atoms with Gasteiger partial charge in [-0.15, -0.1) is 5.10 Å². The largest absolute Gasteiger partial charge is 0.354 e. The number of nitrogens with zero attached hydrogens (tertiary/aromatic N) is 4. The molecule has 4 rings (SSSR count). The van der Waals surface area contributed by atoms with E-state index in [-0.39, 0.29) is 42.6 Å². The highest BCUT2D eigenvalue weighted by molar-refractivity contribution is 6.31. The van der Waals surface area contributed by atoms with Gasteiger partial charge in [-0.25, -0.2) is 13.9 Å². The third-order valence-electron chi connectivity index (χ3n) is 5.10. The summed E-state index contributed by atoms with van der Waals surface area (Å²) in [5.41, 5.74) is -0.136. The summed E-state index contributed by atoms with van der Waals surface area (Å²) in [6, 6.07) is 13.4. The molecule has 0 saturated carbocycles. The third-order valence-corrected chi connectivity index (χ3v) is 5.34. The van der Waals surface area contributed by atoms with Gasteiger partial charge in [-0.1, -0.05) is 29.8 Å². The number of amides is 2. The molecule has 2 amide bonds. The number of rotatable bonds is 7. The second-order valence-electron chi connectivity index (χ2n) is 8.08. The van der Waals surface area contributed by atoms with Crippen molar-refractivity contribution in [1.29, 1.82) is 0 Å². The molecule has 0 atom stereocenters. The van der Waals surface area contributed by atoms with E-state index < -0.39 is 17.2 Å². The molecule has 0 unspecified atom stereocenters. The molecule has 2 aromatic heterocycles. The molecular formula is C23H23ClN6O4. The molecular weight excluding hydrogens is 460 g/mol. The summed E-state index contributed by atoms with van der Waals surface area (Å²) in [6.45, 7) is 3.31. The number of aryl methyl sites for hydroxylation is 1. The summed E-state index contributed by atoms with van der Waals surface area (Å²) in [7, 11) is 0. The average Bonchev–Trinajstić information content (AvgIpc) is 3.09. The Morgan fingerprint density at radius 3 is 2.50 bits per heavy atom. The van der Waals surface area contributed by atoms with Gasteiger partial charge >= 0.3 is 5.69 Å². The summed E-state index contributed by atoms with van der Waals surface area (Å²) in [6.07, 6.45) is 0.00929. The van der Waals surface area contributed by atoms with Crippen LogP contribution in [0, 0.1) is 0 Å². The standard InChI is InChI=1S/C23H23ClN6O4/c1-14(2)25-19(31)10-11-28-21(33)17-12-15(24)8-9-18(17)30-22(28)27-29(23(30)34)13-20(32)26-16-6-4-3-5-7-16/h3-9,12,14H,10-11,13H2,1-2H3,(H,25,31)(H,26,32). The molecule has 2 N–H and O–H groups in total. The first-order chi connectivity index (χ1) is 16.2. The number of fused-ring (bicyclic) bond motifs is 3. The van der Waals surface area contributed by atoms with E-state index in [1.807, 2.05) is 19.9 Å². The van der Waals surface area contributed by atoms with E-state index >= 15 is 0 Å². The van der Waals surface area contributed by atoms with Gasteiger partial charge in [0, 0.05) is 29.7 Å². The molecule has 2 heterocycles. The number of halogens is 1. The maximum absolute atomic E-state index is 13.2. The van der Waals surface area contributed by atoms with Crippen molar-refractivity contribution in [2.24, 2.45) is 0 Å². The minimum Gasteiger partial charge on any atom is -0.354 e. The predicted molar refractivity (Wildman–Crippen MR) is 129 cm³/mol. The van der Waals surface area contributed by atoms with Gasteiger partial charge in [0.1, 0.15) is 6.54 Å². The maximum Gasteiger partial charge on any atom is 0.352 e. The first-order valence-electron chi connectivity index (χ1n) is 10.7. The van der Waals surface area contributed by atoms with E-state index in [4.69, 9.17) is 11.6 Å². The van der Waals surface area contributed by atoms with Gasteiger partial charge in [0.25, 0.3) is 5.56 Å². The van der Waals surface area contributed by atoms with Crippen LogP contribution < -0.4 is 21.9 Å². The number of nitrogens with one attached hydrogen (secondary N) is 2. The molecule has 0 radical (unpaired) electrons. The summed E-state index contributed by atoms with van der Waals surface area (Å²) in [5, 5.41) is 10.3. The van der Waals surface area contributed by atoms with Crippen molar-refractivity contribution in [1.82, 2.24) is 24.1 Å². The Labute approximate surface area is 198 Å². The lowest BCUT2D eigenvalue weighted by molar-refractivity contribution is -0.121. The Bertz CT molecular complexity index is 1500. The molecule has 0 aliphatic heterocycles. The SMILES string of the molecule is CC(C)NC(=O)CCn1c(=O)c2cc(Cl)ccc2n2c(=O)n(CC(=O)Nc3ccccc3)nc12. The Morgan fingerprint density at radius 2 is 1.79 bits per heavy atom. The van der Waals surface area contributed by atoms with Crippen molar-refractivity contribution >= 4 is 45.8 Å². The number of carbonyl (C=O) groups is 2. The van der Waals surface area contributed by atoms with E-state index in [2.05, 4.69) is 15.7 Å². The van der Waals surface area contributed by atoms with Crippen LogP contribution in [0.4, 0.5) is 5.69 Å². The predicted octanol–water partition coefficient (Wildman–Crippen LogP) is 2.02. The van der Waals surface area contributed by atoms with Crippen LogP contribution in [0.3, 0.4) is 0 Å². The zero-order valence-electron chi connectivity index (χ0n) is 18.6. The van der Waals surface area contributed by atoms with Gasteiger partial charge < -0.3 is 10.6 Å². The number of para-hydroxylation sites is 1. The molecule has 34 heavy (non-hydrogen) atoms. The van der Waals surface area contributed by atoms with E-state index in [9.17, 15) is 19.2 Å². The number of anilines is 1. The zero-order valence-corrected chi connectivity index (χ0v) is 19.4. The molecule has 11 heteroatoms. The van der Waals surface area contributed by atoms with Crippen molar-refractivity contribution in [3.8, 4) is 0 Å². The summed E-state index contributed by atoms with van der Waals surface area (Å²) in [5.74, 6) is -0.654. The molecule has 0 fully saturated rings. The van der Waals surface area contributed by atoms with Crippen molar-refractivity contribution in [2.45, 2.75) is 39.4 Å². The fourth-order valence-corrected chi connectivity index (χ4v) is 3.83. The average molecular weight is 483 g/mol. The van der Waals surface area contributed by atoms with Crippen molar-refractivity contribution in [2.75, 3.05) is 5.32 Å². The highest BCUT2D eigenvalue weighted by Gasteiger charge is 2.19. The molecule has 0 spiro atoms. The molecule has 10 nitrogen and oxygen atoms in total. The Balaban J connectivity index is 1.78. The number of carbonyl (C=O) groups excluding carboxylic acids is 2. The van der Waals surface area contributed by atoms with Crippen LogP contribution >= 0.6 is 11.6 Å². The number of benzene rings is 2. The molecule has 4 aromatic rings. The van der Waals surface area contributed by atoms with Gasteiger partial charge in [0.15, 0.2) is 0 Å². The Morgan fingerprint density at radius 1 is 1.06 bits per heavy atom. The van der Waals surface area contributed by atoms with E-state index in [0.717, 1.165) is 4.68 Å². The van der Waals surface area contributed by atoms with Crippen molar-refractivity contribution < 1.29 is 9.59 Å². The second kappa shape index (κ2) is 9.52. The third kappa shape index (κ3) is 4.72. The fourth-order valence-electron chi connectivity index (χ4n) is 3.66. The van der Waals surface area contributed by atoms with Crippen molar-refractivity contribution in [3.05, 3.63) is 74.4 Å². The topological polar surface area (TPSA) is 120 Å². The Kier molecular flexibility index (Phi) is 6.51. The highest BCUT2D eigenvalue weighted by Crippen LogP contribution is 2.17. The van der Waals surface area contributed by atoms with Crippen LogP contribution in [0.2, 0.25) is 5.02 Å². The molecule has 176 valence electrons. The van der Waals surface area contributed by atoms with Gasteiger partial charge in [-0.2, -0.15) is 0 Å². The van der Waals surface area contributed by atoms with E-state index in [0.29, 0.717) is 16.2 Å². The fraction of sp³-hybridized carbons (Fsp3) is 0.261. The number of hydrogen-bond acceptors (Lipinski definition) is 5. The number of aromatic nitrogens is 4. The zero-order chi connectivity index (χ0) is 24.4. The first kappa shape index (κ1) is 23.2. The first-order valence-corrected chi connectivity index (χ1v) is 11.1. The van der Waals surface area contributed by atoms with Gasteiger partial charge in [0.2, 0.25) is 17.6 Å². The lowest BCUT2D eigenvalue weighted by Gasteiger charge is -2.11. The molecule has 2 aromatic carbocycles. The van der Waals surface area contributed by atoms with E-state index in [1.54, 1.807) is 36.4 Å². The van der Waals surface area contributed by atoms with Crippen molar-refractivity contribution in [3.63, 3.8) is 0 Å². The summed E-state index contributed by atoms with van der Waals surface area (Å²) < 4.78 is 3.50. The van der Waals surface area contributed by atoms with Crippen LogP contribution in [-0.4, -0.2) is 36.6 Å². The monoisotopic (exact) mass is 482 g/mol. The minimum absolute atomic E-state index is 0.00396. The van der Waals surface area contributed by atoms with Crippen LogP contribution in [-0.2, 0) is 22.7 Å². The quantitative estimate of drug-likeness (QED) is 0.417. The molecule has 0 aliphatic carbocycles. The Hall–Kier alpha value is -3.92. The minimum atomic E-state index is -0.592. The van der Waals surface area contributed by atoms with E-state index in [1.165, 1.54) is 15.0 Å². The van der Waals surface area contributed by atoms with Crippen LogP contribution in [0.25, 0.3) is 16.7 Å². The lowest BCUT2D eigenvalue weighted by Crippen LogP contribution is -2.33. The van der Waals surface area contributed by atoms with Gasteiger partial charge in [-0.3, -0.25) is 19.0 Å². The smallest absolute Gasteiger partial charge is 0.352 e. The molecule has 0 saturated heterocycles. The molecule has 0 aliphatic rings. The van der Waals surface area contributed by atoms with Gasteiger partial charge in [0.05, 0.1) is 10.9 Å². The lowest BCUT2D eigenvalue weighted by atomic mass is 10.2. The van der Waals surface area contributed by atoms with Gasteiger partial charge in [-0.05, 0) is 44.2 Å². The highest BCUT2D eigenvalue weighted by atomic mass is 35.5.